The second-order valence-corrected chi connectivity index (χ2v) is 5.97. The van der Waals surface area contributed by atoms with Crippen LogP contribution in [0.1, 0.15) is 51.5 Å². The van der Waals surface area contributed by atoms with Gasteiger partial charge in [0, 0.05) is 12.8 Å². The second kappa shape index (κ2) is 9.26. The van der Waals surface area contributed by atoms with Gasteiger partial charge < -0.3 is 9.47 Å². The third kappa shape index (κ3) is 4.95. The molecule has 2 rings (SSSR count). The average molecular weight is 330 g/mol. The molecule has 0 aliphatic carbocycles. The minimum Gasteiger partial charge on any atom is -0.454 e. The molecule has 0 N–H and O–H groups in total. The van der Waals surface area contributed by atoms with E-state index in [0.29, 0.717) is 26.1 Å². The van der Waals surface area contributed by atoms with Crippen LogP contribution in [-0.2, 0) is 16.0 Å². The fourth-order valence-electron chi connectivity index (χ4n) is 2.84. The summed E-state index contributed by atoms with van der Waals surface area (Å²) in [4.78, 5) is 23.7. The summed E-state index contributed by atoms with van der Waals surface area (Å²) in [6.45, 7) is 3.94. The SMILES string of the molecule is CCC(=O)C(CC/C=C/CCc1ccc2c(c1)OCO2)C(=O)CC. The maximum absolute atomic E-state index is 11.8. The van der Waals surface area contributed by atoms with Crippen LogP contribution < -0.4 is 9.47 Å². The molecule has 1 aliphatic rings. The number of aryl methyl sites for hydroxylation is 1. The smallest absolute Gasteiger partial charge is 0.231 e. The first kappa shape index (κ1) is 18.2. The minimum absolute atomic E-state index is 0.0654. The molecule has 0 saturated carbocycles. The van der Waals surface area contributed by atoms with Crippen molar-refractivity contribution < 1.29 is 19.1 Å². The van der Waals surface area contributed by atoms with Crippen molar-refractivity contribution in [2.24, 2.45) is 5.92 Å². The van der Waals surface area contributed by atoms with Gasteiger partial charge in [-0.3, -0.25) is 9.59 Å². The number of Topliss-reactive ketones (excluding diaryl/α,β-unsaturated/α-hetero) is 2. The van der Waals surface area contributed by atoms with E-state index in [4.69, 9.17) is 9.47 Å². The van der Waals surface area contributed by atoms with E-state index in [9.17, 15) is 9.59 Å². The lowest BCUT2D eigenvalue weighted by atomic mass is 9.91. The molecule has 1 aliphatic heterocycles. The molecular formula is C20H26O4. The quantitative estimate of drug-likeness (QED) is 0.475. The number of carbonyl (C=O) groups is 2. The first-order valence-electron chi connectivity index (χ1n) is 8.74. The molecule has 0 atom stereocenters. The maximum Gasteiger partial charge on any atom is 0.231 e. The van der Waals surface area contributed by atoms with Crippen LogP contribution >= 0.6 is 0 Å². The van der Waals surface area contributed by atoms with Gasteiger partial charge in [-0.2, -0.15) is 0 Å². The molecule has 0 fully saturated rings. The summed E-state index contributed by atoms with van der Waals surface area (Å²) in [6.07, 6.45) is 8.31. The highest BCUT2D eigenvalue weighted by Crippen LogP contribution is 2.32. The van der Waals surface area contributed by atoms with Crippen LogP contribution in [-0.4, -0.2) is 18.4 Å². The van der Waals surface area contributed by atoms with Gasteiger partial charge in [0.25, 0.3) is 0 Å². The fraction of sp³-hybridized carbons (Fsp3) is 0.500. The number of ketones is 2. The number of ether oxygens (including phenoxy) is 2. The van der Waals surface area contributed by atoms with E-state index < -0.39 is 5.92 Å². The van der Waals surface area contributed by atoms with Crippen LogP contribution in [0.2, 0.25) is 0 Å². The van der Waals surface area contributed by atoms with E-state index in [1.165, 1.54) is 5.56 Å². The molecule has 4 heteroatoms. The Hall–Kier alpha value is -2.10. The highest BCUT2D eigenvalue weighted by Gasteiger charge is 2.22. The lowest BCUT2D eigenvalue weighted by molar-refractivity contribution is -0.132. The number of allylic oxidation sites excluding steroid dienone is 2. The molecule has 0 unspecified atom stereocenters. The van der Waals surface area contributed by atoms with Gasteiger partial charge in [-0.25, -0.2) is 0 Å². The number of carbonyl (C=O) groups excluding carboxylic acids is 2. The normalized spacial score (nSPS) is 13.0. The van der Waals surface area contributed by atoms with E-state index in [1.807, 2.05) is 26.0 Å². The Morgan fingerprint density at radius 3 is 2.42 bits per heavy atom. The van der Waals surface area contributed by atoms with Crippen LogP contribution in [0.25, 0.3) is 0 Å². The number of hydrogen-bond acceptors (Lipinski definition) is 4. The lowest BCUT2D eigenvalue weighted by Crippen LogP contribution is -2.22. The zero-order valence-electron chi connectivity index (χ0n) is 14.5. The van der Waals surface area contributed by atoms with E-state index in [2.05, 4.69) is 18.2 Å². The third-order valence-electron chi connectivity index (χ3n) is 4.30. The van der Waals surface area contributed by atoms with E-state index >= 15 is 0 Å². The fourth-order valence-corrected chi connectivity index (χ4v) is 2.84. The summed E-state index contributed by atoms with van der Waals surface area (Å²) in [5.41, 5.74) is 1.21. The summed E-state index contributed by atoms with van der Waals surface area (Å²) in [7, 11) is 0. The molecule has 0 aromatic heterocycles. The van der Waals surface area contributed by atoms with E-state index in [0.717, 1.165) is 30.8 Å². The van der Waals surface area contributed by atoms with Gasteiger partial charge in [-0.1, -0.05) is 32.1 Å². The van der Waals surface area contributed by atoms with Crippen molar-refractivity contribution in [2.75, 3.05) is 6.79 Å². The van der Waals surface area contributed by atoms with Crippen LogP contribution in [0, 0.1) is 5.92 Å². The molecule has 0 radical (unpaired) electrons. The highest BCUT2D eigenvalue weighted by atomic mass is 16.7. The Balaban J connectivity index is 1.74. The van der Waals surface area contributed by atoms with Crippen molar-refractivity contribution in [2.45, 2.75) is 52.4 Å². The Bertz CT molecular complexity index is 588. The standard InChI is InChI=1S/C20H26O4/c1-3-17(21)16(18(22)4-2)10-8-6-5-7-9-15-11-12-19-20(13-15)24-14-23-19/h5-6,11-13,16H,3-4,7-10,14H2,1-2H3/b6-5+. The zero-order valence-corrected chi connectivity index (χ0v) is 14.5. The van der Waals surface area contributed by atoms with Gasteiger partial charge in [0.05, 0.1) is 5.92 Å². The van der Waals surface area contributed by atoms with Gasteiger partial charge in [-0.15, -0.1) is 0 Å². The first-order chi connectivity index (χ1) is 11.7. The molecule has 1 aromatic carbocycles. The van der Waals surface area contributed by atoms with Crippen LogP contribution in [0.15, 0.2) is 30.4 Å². The number of rotatable bonds is 10. The summed E-state index contributed by atoms with van der Waals surface area (Å²) >= 11 is 0. The van der Waals surface area contributed by atoms with Gasteiger partial charge in [0.1, 0.15) is 11.6 Å². The molecule has 1 aromatic rings. The van der Waals surface area contributed by atoms with Crippen molar-refractivity contribution in [3.63, 3.8) is 0 Å². The van der Waals surface area contributed by atoms with Crippen LogP contribution in [0.4, 0.5) is 0 Å². The topological polar surface area (TPSA) is 52.6 Å². The highest BCUT2D eigenvalue weighted by molar-refractivity contribution is 6.02. The van der Waals surface area contributed by atoms with Gasteiger partial charge in [-0.05, 0) is 43.4 Å². The molecule has 0 spiro atoms. The molecule has 0 bridgehead atoms. The molecule has 4 nitrogen and oxygen atoms in total. The van der Waals surface area contributed by atoms with E-state index in [1.54, 1.807) is 0 Å². The monoisotopic (exact) mass is 330 g/mol. The van der Waals surface area contributed by atoms with Crippen molar-refractivity contribution in [1.82, 2.24) is 0 Å². The average Bonchev–Trinajstić information content (AvgIpc) is 3.07. The minimum atomic E-state index is -0.418. The molecule has 0 amide bonds. The second-order valence-electron chi connectivity index (χ2n) is 5.97. The molecular weight excluding hydrogens is 304 g/mol. The third-order valence-corrected chi connectivity index (χ3v) is 4.30. The largest absolute Gasteiger partial charge is 0.454 e. The molecule has 130 valence electrons. The van der Waals surface area contributed by atoms with Gasteiger partial charge in [0.15, 0.2) is 11.5 Å². The summed E-state index contributed by atoms with van der Waals surface area (Å²) in [6, 6.07) is 6.02. The van der Waals surface area contributed by atoms with Crippen molar-refractivity contribution >= 4 is 11.6 Å². The zero-order chi connectivity index (χ0) is 17.4. The Morgan fingerprint density at radius 1 is 1.04 bits per heavy atom. The predicted molar refractivity (Wildman–Crippen MR) is 93.3 cm³/mol. The first-order valence-corrected chi connectivity index (χ1v) is 8.74. The summed E-state index contributed by atoms with van der Waals surface area (Å²) in [5, 5.41) is 0. The molecule has 1 heterocycles. The predicted octanol–water partition coefficient (Wildman–Crippen LogP) is 4.26. The van der Waals surface area contributed by atoms with Crippen molar-refractivity contribution in [3.8, 4) is 11.5 Å². The van der Waals surface area contributed by atoms with Crippen molar-refractivity contribution in [1.29, 1.82) is 0 Å². The van der Waals surface area contributed by atoms with E-state index in [-0.39, 0.29) is 11.6 Å². The number of benzene rings is 1. The Kier molecular flexibility index (Phi) is 7.04. The van der Waals surface area contributed by atoms with Gasteiger partial charge in [0.2, 0.25) is 6.79 Å². The Labute approximate surface area is 143 Å². The summed E-state index contributed by atoms with van der Waals surface area (Å²) in [5.74, 6) is 1.33. The lowest BCUT2D eigenvalue weighted by Gasteiger charge is -2.11. The maximum atomic E-state index is 11.8. The molecule has 0 saturated heterocycles. The van der Waals surface area contributed by atoms with Gasteiger partial charge >= 0.3 is 0 Å². The Morgan fingerprint density at radius 2 is 1.71 bits per heavy atom. The number of fused-ring (bicyclic) bond motifs is 1. The van der Waals surface area contributed by atoms with Crippen LogP contribution in [0.5, 0.6) is 11.5 Å². The summed E-state index contributed by atoms with van der Waals surface area (Å²) < 4.78 is 10.7. The van der Waals surface area contributed by atoms with Crippen molar-refractivity contribution in [3.05, 3.63) is 35.9 Å². The number of hydrogen-bond donors (Lipinski definition) is 0. The van der Waals surface area contributed by atoms with Crippen LogP contribution in [0.3, 0.4) is 0 Å². The molecule has 24 heavy (non-hydrogen) atoms.